The number of amides is 1. The van der Waals surface area contributed by atoms with Crippen molar-refractivity contribution >= 4 is 16.9 Å². The Bertz CT molecular complexity index is 934. The van der Waals surface area contributed by atoms with Crippen LogP contribution in [0.15, 0.2) is 22.6 Å². The van der Waals surface area contributed by atoms with Gasteiger partial charge in [-0.1, -0.05) is 11.6 Å². The number of benzene rings is 1. The van der Waals surface area contributed by atoms with E-state index in [0.29, 0.717) is 12.3 Å². The maximum absolute atomic E-state index is 12.9. The molecule has 3 aromatic rings. The van der Waals surface area contributed by atoms with Crippen molar-refractivity contribution in [1.29, 1.82) is 0 Å². The van der Waals surface area contributed by atoms with E-state index >= 15 is 0 Å². The highest BCUT2D eigenvalue weighted by Crippen LogP contribution is 2.27. The van der Waals surface area contributed by atoms with Crippen LogP contribution in [-0.2, 0) is 13.6 Å². The van der Waals surface area contributed by atoms with Crippen LogP contribution in [0.4, 0.5) is 0 Å². The molecule has 0 saturated heterocycles. The topological polar surface area (TPSA) is 51.3 Å². The first-order chi connectivity index (χ1) is 11.3. The lowest BCUT2D eigenvalue weighted by molar-refractivity contribution is 0.0754. The van der Waals surface area contributed by atoms with Gasteiger partial charge in [0.05, 0.1) is 5.69 Å². The number of fused-ring (bicyclic) bond motifs is 1. The second-order valence-electron chi connectivity index (χ2n) is 6.49. The van der Waals surface area contributed by atoms with E-state index in [2.05, 4.69) is 11.2 Å². The van der Waals surface area contributed by atoms with E-state index in [1.807, 2.05) is 51.6 Å². The number of aryl methyl sites for hydroxylation is 4. The molecule has 0 radical (unpaired) electrons. The van der Waals surface area contributed by atoms with Crippen molar-refractivity contribution in [3.63, 3.8) is 0 Å². The predicted molar refractivity (Wildman–Crippen MR) is 94.2 cm³/mol. The van der Waals surface area contributed by atoms with E-state index in [1.54, 1.807) is 11.9 Å². The van der Waals surface area contributed by atoms with E-state index < -0.39 is 0 Å². The van der Waals surface area contributed by atoms with Crippen molar-refractivity contribution in [3.05, 3.63) is 52.0 Å². The van der Waals surface area contributed by atoms with Crippen LogP contribution in [0.1, 0.15) is 38.6 Å². The third-order valence-corrected chi connectivity index (χ3v) is 4.69. The highest BCUT2D eigenvalue weighted by atomic mass is 16.3. The Balaban J connectivity index is 1.92. The van der Waals surface area contributed by atoms with Gasteiger partial charge < -0.3 is 9.32 Å². The first-order valence-corrected chi connectivity index (χ1v) is 8.04. The highest BCUT2D eigenvalue weighted by molar-refractivity contribution is 5.98. The van der Waals surface area contributed by atoms with Crippen LogP contribution in [0.2, 0.25) is 0 Å². The van der Waals surface area contributed by atoms with Gasteiger partial charge in [-0.2, -0.15) is 5.10 Å². The van der Waals surface area contributed by atoms with E-state index in [-0.39, 0.29) is 5.91 Å². The number of hydrogen-bond acceptors (Lipinski definition) is 3. The minimum absolute atomic E-state index is 0.107. The molecule has 0 saturated carbocycles. The van der Waals surface area contributed by atoms with Crippen molar-refractivity contribution < 1.29 is 9.21 Å². The lowest BCUT2D eigenvalue weighted by Crippen LogP contribution is -2.26. The number of carbonyl (C=O) groups excluding carboxylic acids is 1. The monoisotopic (exact) mass is 325 g/mol. The number of aromatic nitrogens is 2. The molecule has 2 aromatic heterocycles. The molecule has 0 spiro atoms. The molecule has 1 aromatic carbocycles. The zero-order chi connectivity index (χ0) is 17.6. The Hall–Kier alpha value is -2.56. The van der Waals surface area contributed by atoms with E-state index in [4.69, 9.17) is 4.42 Å². The van der Waals surface area contributed by atoms with E-state index in [0.717, 1.165) is 39.0 Å². The van der Waals surface area contributed by atoms with Crippen LogP contribution in [0.25, 0.3) is 11.0 Å². The number of carbonyl (C=O) groups is 1. The second-order valence-corrected chi connectivity index (χ2v) is 6.49. The van der Waals surface area contributed by atoms with Gasteiger partial charge in [0, 0.05) is 42.8 Å². The first-order valence-electron chi connectivity index (χ1n) is 8.04. The van der Waals surface area contributed by atoms with Gasteiger partial charge in [0.15, 0.2) is 5.76 Å². The summed E-state index contributed by atoms with van der Waals surface area (Å²) in [5.41, 5.74) is 5.91. The van der Waals surface area contributed by atoms with Gasteiger partial charge in [0.25, 0.3) is 5.91 Å². The zero-order valence-electron chi connectivity index (χ0n) is 15.1. The summed E-state index contributed by atoms with van der Waals surface area (Å²) in [6.45, 7) is 8.47. The third kappa shape index (κ3) is 2.60. The molecule has 5 heteroatoms. The fourth-order valence-corrected chi connectivity index (χ4v) is 3.07. The van der Waals surface area contributed by atoms with Gasteiger partial charge >= 0.3 is 0 Å². The molecular weight excluding hydrogens is 302 g/mol. The summed E-state index contributed by atoms with van der Waals surface area (Å²) in [5, 5.41) is 5.41. The molecule has 0 N–H and O–H groups in total. The van der Waals surface area contributed by atoms with Crippen LogP contribution >= 0.6 is 0 Å². The molecule has 0 unspecified atom stereocenters. The smallest absolute Gasteiger partial charge is 0.289 e. The quantitative estimate of drug-likeness (QED) is 0.738. The third-order valence-electron chi connectivity index (χ3n) is 4.69. The van der Waals surface area contributed by atoms with Crippen LogP contribution in [0, 0.1) is 27.7 Å². The molecule has 24 heavy (non-hydrogen) atoms. The van der Waals surface area contributed by atoms with Crippen LogP contribution in [-0.4, -0.2) is 27.6 Å². The number of rotatable bonds is 3. The van der Waals surface area contributed by atoms with Crippen molar-refractivity contribution in [2.45, 2.75) is 34.2 Å². The Morgan fingerprint density at radius 1 is 1.25 bits per heavy atom. The lowest BCUT2D eigenvalue weighted by Gasteiger charge is -2.16. The normalized spacial score (nSPS) is 11.2. The van der Waals surface area contributed by atoms with Crippen LogP contribution < -0.4 is 0 Å². The van der Waals surface area contributed by atoms with Crippen molar-refractivity contribution in [2.75, 3.05) is 7.05 Å². The Labute approximate surface area is 141 Å². The fourth-order valence-electron chi connectivity index (χ4n) is 3.07. The van der Waals surface area contributed by atoms with Gasteiger partial charge in [-0.05, 0) is 39.8 Å². The van der Waals surface area contributed by atoms with Gasteiger partial charge in [-0.3, -0.25) is 9.48 Å². The van der Waals surface area contributed by atoms with Gasteiger partial charge in [-0.15, -0.1) is 0 Å². The molecule has 0 aliphatic carbocycles. The van der Waals surface area contributed by atoms with Crippen LogP contribution in [0.5, 0.6) is 0 Å². The van der Waals surface area contributed by atoms with E-state index in [1.165, 1.54) is 0 Å². The summed E-state index contributed by atoms with van der Waals surface area (Å²) in [7, 11) is 3.71. The molecule has 126 valence electrons. The predicted octanol–water partition coefficient (Wildman–Crippen LogP) is 3.67. The summed E-state index contributed by atoms with van der Waals surface area (Å²) < 4.78 is 7.67. The SMILES string of the molecule is Cc1ccc2oc(C(=O)N(C)Cc3c(C)nn(C)c3C)c(C)c2c1. The first kappa shape index (κ1) is 16.3. The molecule has 0 fully saturated rings. The molecule has 5 nitrogen and oxygen atoms in total. The molecule has 0 aliphatic rings. The largest absolute Gasteiger partial charge is 0.451 e. The molecule has 2 heterocycles. The number of hydrogen-bond donors (Lipinski definition) is 0. The number of nitrogens with zero attached hydrogens (tertiary/aromatic N) is 3. The second kappa shape index (κ2) is 5.82. The van der Waals surface area contributed by atoms with E-state index in [9.17, 15) is 4.79 Å². The highest BCUT2D eigenvalue weighted by Gasteiger charge is 2.22. The summed E-state index contributed by atoms with van der Waals surface area (Å²) in [5.74, 6) is 0.307. The molecule has 0 aliphatic heterocycles. The summed E-state index contributed by atoms with van der Waals surface area (Å²) in [4.78, 5) is 14.5. The summed E-state index contributed by atoms with van der Waals surface area (Å²) in [6, 6.07) is 5.97. The molecular formula is C19H23N3O2. The van der Waals surface area contributed by atoms with Crippen molar-refractivity contribution in [1.82, 2.24) is 14.7 Å². The Kier molecular flexibility index (Phi) is 3.95. The fraction of sp³-hybridized carbons (Fsp3) is 0.368. The summed E-state index contributed by atoms with van der Waals surface area (Å²) in [6.07, 6.45) is 0. The maximum Gasteiger partial charge on any atom is 0.289 e. The average molecular weight is 325 g/mol. The number of furan rings is 1. The Morgan fingerprint density at radius 3 is 2.58 bits per heavy atom. The molecule has 0 atom stereocenters. The molecule has 0 bridgehead atoms. The lowest BCUT2D eigenvalue weighted by atomic mass is 10.1. The Morgan fingerprint density at radius 2 is 1.96 bits per heavy atom. The van der Waals surface area contributed by atoms with Crippen LogP contribution in [0.3, 0.4) is 0 Å². The molecule has 1 amide bonds. The molecule has 3 rings (SSSR count). The van der Waals surface area contributed by atoms with Gasteiger partial charge in [0.1, 0.15) is 5.58 Å². The van der Waals surface area contributed by atoms with Crippen molar-refractivity contribution in [2.24, 2.45) is 7.05 Å². The van der Waals surface area contributed by atoms with Crippen molar-refractivity contribution in [3.8, 4) is 0 Å². The average Bonchev–Trinajstić information content (AvgIpc) is 2.98. The van der Waals surface area contributed by atoms with Gasteiger partial charge in [0.2, 0.25) is 0 Å². The minimum atomic E-state index is -0.107. The summed E-state index contributed by atoms with van der Waals surface area (Å²) >= 11 is 0. The standard InChI is InChI=1S/C19H23N3O2/c1-11-7-8-17-15(9-11)12(2)18(24-17)19(23)21(5)10-16-13(3)20-22(6)14(16)4/h7-9H,10H2,1-6H3. The maximum atomic E-state index is 12.9. The minimum Gasteiger partial charge on any atom is -0.451 e. The zero-order valence-corrected chi connectivity index (χ0v) is 15.1. The van der Waals surface area contributed by atoms with Gasteiger partial charge in [-0.25, -0.2) is 0 Å².